The lowest BCUT2D eigenvalue weighted by molar-refractivity contribution is -0.0416. The molecule has 116 valence electrons. The van der Waals surface area contributed by atoms with Crippen molar-refractivity contribution in [2.45, 2.75) is 25.0 Å². The number of fused-ring (bicyclic) bond motifs is 1. The summed E-state index contributed by atoms with van der Waals surface area (Å²) in [5.74, 6) is -1.31. The number of rotatable bonds is 4. The minimum atomic E-state index is -0.700. The van der Waals surface area contributed by atoms with E-state index in [0.29, 0.717) is 12.6 Å². The first kappa shape index (κ1) is 14.5. The molecule has 0 saturated carbocycles. The van der Waals surface area contributed by atoms with Crippen LogP contribution in [0.3, 0.4) is 0 Å². The average molecular weight is 298 g/mol. The normalized spacial score (nSPS) is 25.7. The van der Waals surface area contributed by atoms with Crippen LogP contribution in [-0.4, -0.2) is 55.3 Å². The smallest absolute Gasteiger partial charge is 0.168 e. The van der Waals surface area contributed by atoms with Crippen LogP contribution in [-0.2, 0) is 4.74 Å². The molecule has 5 nitrogen and oxygen atoms in total. The van der Waals surface area contributed by atoms with Crippen LogP contribution in [0.4, 0.5) is 20.4 Å². The summed E-state index contributed by atoms with van der Waals surface area (Å²) in [6, 6.07) is 1.37. The summed E-state index contributed by atoms with van der Waals surface area (Å²) in [5.41, 5.74) is 0. The van der Waals surface area contributed by atoms with E-state index in [9.17, 15) is 8.78 Å². The van der Waals surface area contributed by atoms with E-state index >= 15 is 0 Å². The molecular weight excluding hydrogens is 278 g/mol. The second kappa shape index (κ2) is 6.11. The molecule has 0 radical (unpaired) electrons. The van der Waals surface area contributed by atoms with Crippen LogP contribution in [0.25, 0.3) is 0 Å². The van der Waals surface area contributed by atoms with Crippen LogP contribution in [0.5, 0.6) is 0 Å². The van der Waals surface area contributed by atoms with Gasteiger partial charge in [0.2, 0.25) is 0 Å². The van der Waals surface area contributed by atoms with Gasteiger partial charge in [-0.3, -0.25) is 4.90 Å². The van der Waals surface area contributed by atoms with Crippen molar-refractivity contribution in [1.29, 1.82) is 0 Å². The lowest BCUT2D eigenvalue weighted by atomic mass is 10.2. The first-order valence-corrected chi connectivity index (χ1v) is 7.30. The largest absolute Gasteiger partial charge is 0.373 e. The van der Waals surface area contributed by atoms with Crippen LogP contribution < -0.4 is 10.6 Å². The molecule has 21 heavy (non-hydrogen) atoms. The Morgan fingerprint density at radius 3 is 3.00 bits per heavy atom. The third kappa shape index (κ3) is 3.08. The van der Waals surface area contributed by atoms with Crippen LogP contribution >= 0.6 is 0 Å². The Morgan fingerprint density at radius 1 is 1.38 bits per heavy atom. The maximum atomic E-state index is 13.7. The predicted octanol–water partition coefficient (Wildman–Crippen LogP) is 1.68. The number of aromatic nitrogens is 1. The molecule has 0 amide bonds. The molecule has 0 aliphatic carbocycles. The number of halogens is 2. The highest BCUT2D eigenvalue weighted by Crippen LogP contribution is 2.23. The first-order valence-electron chi connectivity index (χ1n) is 7.30. The van der Waals surface area contributed by atoms with E-state index in [1.807, 2.05) is 0 Å². The Hall–Kier alpha value is -1.47. The Morgan fingerprint density at radius 2 is 2.19 bits per heavy atom. The third-order valence-corrected chi connectivity index (χ3v) is 4.13. The minimum absolute atomic E-state index is 0.00337. The monoisotopic (exact) mass is 298 g/mol. The molecule has 0 spiro atoms. The summed E-state index contributed by atoms with van der Waals surface area (Å²) in [7, 11) is 1.55. The molecule has 0 aromatic carbocycles. The van der Waals surface area contributed by atoms with E-state index in [-0.39, 0.29) is 17.7 Å². The molecule has 7 heteroatoms. The van der Waals surface area contributed by atoms with Gasteiger partial charge in [0.05, 0.1) is 12.7 Å². The van der Waals surface area contributed by atoms with Gasteiger partial charge in [-0.1, -0.05) is 0 Å². The number of pyridine rings is 1. The number of anilines is 2. The van der Waals surface area contributed by atoms with Gasteiger partial charge in [-0.15, -0.1) is 0 Å². The SMILES string of the molecule is CNc1nc(NCC2CN3CCCC3CO2)c(F)cc1F. The number of nitrogens with one attached hydrogen (secondary N) is 2. The molecular formula is C14H20F2N4O. The molecule has 2 fully saturated rings. The number of morpholine rings is 1. The summed E-state index contributed by atoms with van der Waals surface area (Å²) >= 11 is 0. The quantitative estimate of drug-likeness (QED) is 0.885. The third-order valence-electron chi connectivity index (χ3n) is 4.13. The van der Waals surface area contributed by atoms with Crippen molar-refractivity contribution >= 4 is 11.6 Å². The van der Waals surface area contributed by atoms with Crippen molar-refractivity contribution in [1.82, 2.24) is 9.88 Å². The molecule has 2 aliphatic rings. The van der Waals surface area contributed by atoms with Gasteiger partial charge in [-0.2, -0.15) is 0 Å². The highest BCUT2D eigenvalue weighted by atomic mass is 19.1. The van der Waals surface area contributed by atoms with E-state index < -0.39 is 11.6 Å². The van der Waals surface area contributed by atoms with Gasteiger partial charge in [0.1, 0.15) is 0 Å². The van der Waals surface area contributed by atoms with Gasteiger partial charge >= 0.3 is 0 Å². The van der Waals surface area contributed by atoms with Crippen molar-refractivity contribution in [2.75, 3.05) is 43.9 Å². The Labute approximate surface area is 122 Å². The molecule has 2 aliphatic heterocycles. The van der Waals surface area contributed by atoms with Crippen molar-refractivity contribution in [3.8, 4) is 0 Å². The zero-order chi connectivity index (χ0) is 14.8. The fourth-order valence-electron chi connectivity index (χ4n) is 2.99. The van der Waals surface area contributed by atoms with Gasteiger partial charge in [0.25, 0.3) is 0 Å². The zero-order valence-corrected chi connectivity index (χ0v) is 12.0. The number of hydrogen-bond donors (Lipinski definition) is 2. The molecule has 2 N–H and O–H groups in total. The highest BCUT2D eigenvalue weighted by molar-refractivity contribution is 5.47. The van der Waals surface area contributed by atoms with Crippen molar-refractivity contribution in [3.05, 3.63) is 17.7 Å². The Balaban J connectivity index is 1.60. The van der Waals surface area contributed by atoms with Gasteiger partial charge in [-0.05, 0) is 19.4 Å². The standard InChI is InChI=1S/C14H20F2N4O/c1-17-13-11(15)5-12(16)14(19-13)18-6-10-7-20-4-2-3-9(20)8-21-10/h5,9-10H,2-4,6-8H2,1H3,(H2,17,18,19). The maximum absolute atomic E-state index is 13.7. The van der Waals surface area contributed by atoms with Gasteiger partial charge in [0, 0.05) is 32.2 Å². The molecule has 1 aromatic rings. The second-order valence-electron chi connectivity index (χ2n) is 5.53. The highest BCUT2D eigenvalue weighted by Gasteiger charge is 2.32. The number of hydrogen-bond acceptors (Lipinski definition) is 5. The van der Waals surface area contributed by atoms with Gasteiger partial charge in [0.15, 0.2) is 23.3 Å². The van der Waals surface area contributed by atoms with E-state index in [1.165, 1.54) is 12.8 Å². The summed E-state index contributed by atoms with van der Waals surface area (Å²) < 4.78 is 32.8. The molecule has 2 atom stereocenters. The van der Waals surface area contributed by atoms with Crippen LogP contribution in [0.15, 0.2) is 6.07 Å². The van der Waals surface area contributed by atoms with Crippen LogP contribution in [0, 0.1) is 11.6 Å². The van der Waals surface area contributed by atoms with E-state index in [0.717, 1.165) is 25.8 Å². The van der Waals surface area contributed by atoms with Crippen molar-refractivity contribution < 1.29 is 13.5 Å². The van der Waals surface area contributed by atoms with Crippen molar-refractivity contribution in [2.24, 2.45) is 0 Å². The topological polar surface area (TPSA) is 49.4 Å². The zero-order valence-electron chi connectivity index (χ0n) is 12.0. The predicted molar refractivity (Wildman–Crippen MR) is 76.5 cm³/mol. The average Bonchev–Trinajstić information content (AvgIpc) is 2.94. The van der Waals surface area contributed by atoms with E-state index in [2.05, 4.69) is 20.5 Å². The van der Waals surface area contributed by atoms with Crippen molar-refractivity contribution in [3.63, 3.8) is 0 Å². The van der Waals surface area contributed by atoms with Crippen LogP contribution in [0.2, 0.25) is 0 Å². The molecule has 3 heterocycles. The van der Waals surface area contributed by atoms with E-state index in [1.54, 1.807) is 7.05 Å². The number of ether oxygens (including phenoxy) is 1. The Bertz CT molecular complexity index is 514. The molecule has 1 aromatic heterocycles. The van der Waals surface area contributed by atoms with E-state index in [4.69, 9.17) is 4.74 Å². The summed E-state index contributed by atoms with van der Waals surface area (Å²) in [4.78, 5) is 6.32. The molecule has 2 saturated heterocycles. The lowest BCUT2D eigenvalue weighted by Gasteiger charge is -2.35. The lowest BCUT2D eigenvalue weighted by Crippen LogP contribution is -2.48. The summed E-state index contributed by atoms with van der Waals surface area (Å²) in [6.45, 7) is 3.15. The molecule has 3 rings (SSSR count). The maximum Gasteiger partial charge on any atom is 0.168 e. The Kier molecular flexibility index (Phi) is 4.21. The molecule has 0 bridgehead atoms. The molecule has 2 unspecified atom stereocenters. The fraction of sp³-hybridized carbons (Fsp3) is 0.643. The first-order chi connectivity index (χ1) is 10.2. The van der Waals surface area contributed by atoms with Crippen LogP contribution in [0.1, 0.15) is 12.8 Å². The summed E-state index contributed by atoms with van der Waals surface area (Å²) in [5, 5.41) is 5.52. The summed E-state index contributed by atoms with van der Waals surface area (Å²) in [6.07, 6.45) is 2.41. The fourth-order valence-corrected chi connectivity index (χ4v) is 2.99. The second-order valence-corrected chi connectivity index (χ2v) is 5.53. The number of nitrogens with zero attached hydrogens (tertiary/aromatic N) is 2. The van der Waals surface area contributed by atoms with Gasteiger partial charge in [-0.25, -0.2) is 13.8 Å². The minimum Gasteiger partial charge on any atom is -0.373 e. The van der Waals surface area contributed by atoms with Gasteiger partial charge < -0.3 is 15.4 Å².